The number of carbonyl (C=O) groups is 1. The summed E-state index contributed by atoms with van der Waals surface area (Å²) in [7, 11) is 0. The summed E-state index contributed by atoms with van der Waals surface area (Å²) in [5.74, 6) is -1.79. The summed E-state index contributed by atoms with van der Waals surface area (Å²) in [6, 6.07) is 1.91. The van der Waals surface area contributed by atoms with E-state index in [9.17, 15) is 18.0 Å². The summed E-state index contributed by atoms with van der Waals surface area (Å²) in [4.78, 5) is 13.3. The molecule has 1 amide bonds. The molecule has 0 N–H and O–H groups in total. The van der Waals surface area contributed by atoms with Gasteiger partial charge < -0.3 is 4.90 Å². The number of rotatable bonds is 1. The van der Waals surface area contributed by atoms with Crippen molar-refractivity contribution in [2.45, 2.75) is 6.18 Å². The molecule has 0 aromatic rings. The molecule has 0 unspecified atom stereocenters. The fourth-order valence-electron chi connectivity index (χ4n) is 1.39. The predicted octanol–water partition coefficient (Wildman–Crippen LogP) is 0.216. The van der Waals surface area contributed by atoms with Crippen LogP contribution in [-0.2, 0) is 4.79 Å². The van der Waals surface area contributed by atoms with Gasteiger partial charge in [0.05, 0.1) is 12.6 Å². The Morgan fingerprint density at radius 3 is 2.20 bits per heavy atom. The summed E-state index contributed by atoms with van der Waals surface area (Å²) in [6.07, 6.45) is -4.79. The van der Waals surface area contributed by atoms with Crippen LogP contribution in [0.15, 0.2) is 0 Å². The van der Waals surface area contributed by atoms with E-state index >= 15 is 0 Å². The lowest BCUT2D eigenvalue weighted by Gasteiger charge is -2.33. The molecule has 0 bridgehead atoms. The second kappa shape index (κ2) is 4.49. The lowest BCUT2D eigenvalue weighted by Crippen LogP contribution is -2.52. The number of alkyl halides is 3. The van der Waals surface area contributed by atoms with Crippen LogP contribution in [0.4, 0.5) is 13.2 Å². The van der Waals surface area contributed by atoms with E-state index in [0.717, 1.165) is 4.90 Å². The Kier molecular flexibility index (Phi) is 3.52. The molecule has 1 aliphatic rings. The van der Waals surface area contributed by atoms with Crippen LogP contribution >= 0.6 is 0 Å². The van der Waals surface area contributed by atoms with Gasteiger partial charge in [0.1, 0.15) is 0 Å². The van der Waals surface area contributed by atoms with Crippen molar-refractivity contribution in [3.05, 3.63) is 0 Å². The first kappa shape index (κ1) is 11.8. The number of nitrogens with zero attached hydrogens (tertiary/aromatic N) is 3. The molecule has 1 rings (SSSR count). The minimum atomic E-state index is -4.79. The van der Waals surface area contributed by atoms with Crippen LogP contribution in [0.3, 0.4) is 0 Å². The summed E-state index contributed by atoms with van der Waals surface area (Å²) >= 11 is 0. The molecular weight excluding hydrogens is 211 g/mol. The first-order valence-electron chi connectivity index (χ1n) is 4.40. The van der Waals surface area contributed by atoms with Crippen molar-refractivity contribution in [2.75, 3.05) is 32.7 Å². The van der Waals surface area contributed by atoms with Gasteiger partial charge in [-0.15, -0.1) is 0 Å². The minimum Gasteiger partial charge on any atom is -0.332 e. The van der Waals surface area contributed by atoms with E-state index in [4.69, 9.17) is 5.26 Å². The van der Waals surface area contributed by atoms with E-state index < -0.39 is 12.1 Å². The minimum absolute atomic E-state index is 0.0278. The fraction of sp³-hybridized carbons (Fsp3) is 0.750. The lowest BCUT2D eigenvalue weighted by molar-refractivity contribution is -0.186. The lowest BCUT2D eigenvalue weighted by atomic mass is 10.3. The molecule has 0 aromatic carbocycles. The van der Waals surface area contributed by atoms with Crippen LogP contribution in [-0.4, -0.2) is 54.6 Å². The second-order valence-electron chi connectivity index (χ2n) is 3.22. The molecule has 1 heterocycles. The highest BCUT2D eigenvalue weighted by Crippen LogP contribution is 2.19. The van der Waals surface area contributed by atoms with Crippen molar-refractivity contribution in [3.8, 4) is 6.07 Å². The molecule has 7 heteroatoms. The Bertz CT molecular complexity index is 276. The number of hydrogen-bond donors (Lipinski definition) is 0. The van der Waals surface area contributed by atoms with Crippen molar-refractivity contribution in [3.63, 3.8) is 0 Å². The Hall–Kier alpha value is -1.29. The number of piperazine rings is 1. The smallest absolute Gasteiger partial charge is 0.332 e. The number of amides is 1. The zero-order valence-corrected chi connectivity index (χ0v) is 7.92. The highest BCUT2D eigenvalue weighted by Gasteiger charge is 2.43. The maximum atomic E-state index is 12.0. The third kappa shape index (κ3) is 3.09. The van der Waals surface area contributed by atoms with Crippen molar-refractivity contribution in [1.29, 1.82) is 5.26 Å². The molecule has 1 fully saturated rings. The van der Waals surface area contributed by atoms with Crippen LogP contribution in [0.1, 0.15) is 0 Å². The third-order valence-electron chi connectivity index (χ3n) is 2.20. The van der Waals surface area contributed by atoms with Gasteiger partial charge in [-0.25, -0.2) is 0 Å². The van der Waals surface area contributed by atoms with Crippen LogP contribution in [0.25, 0.3) is 0 Å². The Labute approximate surface area is 84.9 Å². The molecule has 1 aliphatic heterocycles. The van der Waals surface area contributed by atoms with Crippen LogP contribution < -0.4 is 0 Å². The van der Waals surface area contributed by atoms with E-state index in [1.165, 1.54) is 0 Å². The second-order valence-corrected chi connectivity index (χ2v) is 3.22. The van der Waals surface area contributed by atoms with E-state index in [-0.39, 0.29) is 19.6 Å². The quantitative estimate of drug-likeness (QED) is 0.595. The number of nitriles is 1. The number of hydrogen-bond acceptors (Lipinski definition) is 3. The van der Waals surface area contributed by atoms with Gasteiger partial charge >= 0.3 is 12.1 Å². The monoisotopic (exact) mass is 221 g/mol. The summed E-state index contributed by atoms with van der Waals surface area (Å²) in [6.45, 7) is 0.874. The number of halogens is 3. The van der Waals surface area contributed by atoms with Gasteiger partial charge in [0.25, 0.3) is 0 Å². The van der Waals surface area contributed by atoms with Crippen molar-refractivity contribution < 1.29 is 18.0 Å². The van der Waals surface area contributed by atoms with Gasteiger partial charge in [-0.1, -0.05) is 0 Å². The summed E-state index contributed by atoms with van der Waals surface area (Å²) in [5.41, 5.74) is 0. The van der Waals surface area contributed by atoms with Crippen molar-refractivity contribution in [2.24, 2.45) is 0 Å². The van der Waals surface area contributed by atoms with Crippen molar-refractivity contribution in [1.82, 2.24) is 9.80 Å². The molecular formula is C8H10F3N3O. The van der Waals surface area contributed by atoms with Gasteiger partial charge in [-0.2, -0.15) is 18.4 Å². The molecule has 0 radical (unpaired) electrons. The molecule has 0 saturated carbocycles. The number of carbonyl (C=O) groups excluding carboxylic acids is 1. The van der Waals surface area contributed by atoms with Gasteiger partial charge in [-0.05, 0) is 0 Å². The maximum absolute atomic E-state index is 12.0. The molecule has 0 atom stereocenters. The van der Waals surface area contributed by atoms with Crippen LogP contribution in [0.2, 0.25) is 0 Å². The predicted molar refractivity (Wildman–Crippen MR) is 44.7 cm³/mol. The van der Waals surface area contributed by atoms with Crippen LogP contribution in [0, 0.1) is 11.3 Å². The van der Waals surface area contributed by atoms with E-state index in [1.54, 1.807) is 4.90 Å². The largest absolute Gasteiger partial charge is 0.471 e. The summed E-state index contributed by atoms with van der Waals surface area (Å²) in [5, 5.41) is 8.37. The molecule has 0 aliphatic carbocycles. The Morgan fingerprint density at radius 2 is 1.80 bits per heavy atom. The zero-order chi connectivity index (χ0) is 11.5. The normalized spacial score (nSPS) is 18.7. The maximum Gasteiger partial charge on any atom is 0.471 e. The zero-order valence-electron chi connectivity index (χ0n) is 7.92. The molecule has 0 spiro atoms. The average molecular weight is 221 g/mol. The van der Waals surface area contributed by atoms with Gasteiger partial charge in [0, 0.05) is 26.2 Å². The highest BCUT2D eigenvalue weighted by atomic mass is 19.4. The Morgan fingerprint density at radius 1 is 1.27 bits per heavy atom. The third-order valence-corrected chi connectivity index (χ3v) is 2.20. The van der Waals surface area contributed by atoms with Gasteiger partial charge in [-0.3, -0.25) is 9.69 Å². The topological polar surface area (TPSA) is 47.3 Å². The molecule has 84 valence electrons. The fourth-order valence-corrected chi connectivity index (χ4v) is 1.39. The van der Waals surface area contributed by atoms with E-state index in [1.807, 2.05) is 6.07 Å². The van der Waals surface area contributed by atoms with Gasteiger partial charge in [0.15, 0.2) is 0 Å². The highest BCUT2D eigenvalue weighted by molar-refractivity contribution is 5.81. The van der Waals surface area contributed by atoms with E-state index in [2.05, 4.69) is 0 Å². The first-order valence-corrected chi connectivity index (χ1v) is 4.40. The average Bonchev–Trinajstić information content (AvgIpc) is 2.17. The first-order chi connectivity index (χ1) is 6.95. The Balaban J connectivity index is 2.45. The SMILES string of the molecule is N#CCN1CCN(C(=O)C(F)(F)F)CC1. The molecule has 1 saturated heterocycles. The summed E-state index contributed by atoms with van der Waals surface area (Å²) < 4.78 is 36.1. The van der Waals surface area contributed by atoms with Crippen LogP contribution in [0.5, 0.6) is 0 Å². The standard InChI is InChI=1S/C8H10F3N3O/c9-8(10,11)7(15)14-5-3-13(2-1-12)4-6-14/h2-6H2. The molecule has 15 heavy (non-hydrogen) atoms. The molecule has 0 aromatic heterocycles. The van der Waals surface area contributed by atoms with Crippen molar-refractivity contribution >= 4 is 5.91 Å². The van der Waals surface area contributed by atoms with Gasteiger partial charge in [0.2, 0.25) is 0 Å². The van der Waals surface area contributed by atoms with E-state index in [0.29, 0.717) is 13.1 Å². The molecule has 4 nitrogen and oxygen atoms in total.